The fourth-order valence-corrected chi connectivity index (χ4v) is 3.60. The van der Waals surface area contributed by atoms with Crippen molar-refractivity contribution in [3.8, 4) is 0 Å². The molecule has 2 aliphatic rings. The summed E-state index contributed by atoms with van der Waals surface area (Å²) in [5, 5.41) is 9.95. The average Bonchev–Trinajstić information content (AvgIpc) is 2.71. The van der Waals surface area contributed by atoms with Crippen LogP contribution in [0.4, 0.5) is 0 Å². The van der Waals surface area contributed by atoms with E-state index in [9.17, 15) is 5.11 Å². The van der Waals surface area contributed by atoms with Crippen molar-refractivity contribution in [3.63, 3.8) is 0 Å². The molecule has 2 rings (SSSR count). The predicted molar refractivity (Wildman–Crippen MR) is 60.6 cm³/mol. The summed E-state index contributed by atoms with van der Waals surface area (Å²) in [6.07, 6.45) is 5.02. The second-order valence-corrected chi connectivity index (χ2v) is 5.82. The highest BCUT2D eigenvalue weighted by atomic mass is 16.5. The van der Waals surface area contributed by atoms with Crippen LogP contribution in [0.15, 0.2) is 0 Å². The number of aliphatic hydroxyl groups is 1. The highest BCUT2D eigenvalue weighted by molar-refractivity contribution is 5.01. The van der Waals surface area contributed by atoms with Crippen LogP contribution in [0.25, 0.3) is 0 Å². The number of hydrogen-bond acceptors (Lipinski definition) is 2. The first-order valence-corrected chi connectivity index (χ1v) is 6.34. The van der Waals surface area contributed by atoms with Crippen molar-refractivity contribution in [2.75, 3.05) is 7.11 Å². The van der Waals surface area contributed by atoms with Gasteiger partial charge in [0.1, 0.15) is 0 Å². The lowest BCUT2D eigenvalue weighted by atomic mass is 9.81. The van der Waals surface area contributed by atoms with Gasteiger partial charge in [-0.3, -0.25) is 0 Å². The number of hydrogen-bond donors (Lipinski definition) is 1. The Morgan fingerprint density at radius 1 is 1.33 bits per heavy atom. The molecular weight excluding hydrogens is 188 g/mol. The molecule has 0 radical (unpaired) electrons. The van der Waals surface area contributed by atoms with Crippen molar-refractivity contribution >= 4 is 0 Å². The number of fused-ring (bicyclic) bond motifs is 2. The Balaban J connectivity index is 1.90. The Kier molecular flexibility index (Phi) is 3.36. The predicted octanol–water partition coefficient (Wildman–Crippen LogP) is 2.45. The maximum absolute atomic E-state index is 9.95. The third-order valence-corrected chi connectivity index (χ3v) is 4.41. The van der Waals surface area contributed by atoms with Gasteiger partial charge in [0.2, 0.25) is 0 Å². The molecule has 0 aliphatic heterocycles. The van der Waals surface area contributed by atoms with Crippen LogP contribution in [0.5, 0.6) is 0 Å². The molecule has 0 aromatic rings. The van der Waals surface area contributed by atoms with Gasteiger partial charge in [0.25, 0.3) is 0 Å². The normalized spacial score (nSPS) is 44.2. The van der Waals surface area contributed by atoms with E-state index in [-0.39, 0.29) is 12.2 Å². The maximum atomic E-state index is 9.95. The van der Waals surface area contributed by atoms with Crippen molar-refractivity contribution in [1.29, 1.82) is 0 Å². The summed E-state index contributed by atoms with van der Waals surface area (Å²) in [5.41, 5.74) is 0. The molecule has 2 bridgehead atoms. The zero-order chi connectivity index (χ0) is 11.0. The van der Waals surface area contributed by atoms with Gasteiger partial charge < -0.3 is 9.84 Å². The second kappa shape index (κ2) is 4.42. The molecule has 0 spiro atoms. The van der Waals surface area contributed by atoms with Crippen LogP contribution in [0.3, 0.4) is 0 Å². The Labute approximate surface area is 93.0 Å². The Hall–Kier alpha value is -0.0800. The molecule has 2 aliphatic carbocycles. The zero-order valence-corrected chi connectivity index (χ0v) is 10.1. The Bertz CT molecular complexity index is 215. The topological polar surface area (TPSA) is 29.5 Å². The molecule has 2 fully saturated rings. The molecule has 0 aromatic carbocycles. The van der Waals surface area contributed by atoms with Crippen LogP contribution in [0.1, 0.15) is 39.5 Å². The van der Waals surface area contributed by atoms with Crippen molar-refractivity contribution < 1.29 is 9.84 Å². The van der Waals surface area contributed by atoms with E-state index >= 15 is 0 Å². The first kappa shape index (κ1) is 11.4. The number of ether oxygens (including phenoxy) is 1. The summed E-state index contributed by atoms with van der Waals surface area (Å²) in [4.78, 5) is 0. The third kappa shape index (κ3) is 2.07. The number of rotatable bonds is 4. The first-order valence-electron chi connectivity index (χ1n) is 6.34. The van der Waals surface area contributed by atoms with Crippen LogP contribution in [0.2, 0.25) is 0 Å². The van der Waals surface area contributed by atoms with Crippen molar-refractivity contribution in [1.82, 2.24) is 0 Å². The SMILES string of the molecule is COC1C(O)C2CC(CCC(C)C)C1C2. The van der Waals surface area contributed by atoms with E-state index < -0.39 is 0 Å². The van der Waals surface area contributed by atoms with Crippen LogP contribution in [0, 0.1) is 23.7 Å². The highest BCUT2D eigenvalue weighted by Crippen LogP contribution is 2.51. The van der Waals surface area contributed by atoms with Crippen molar-refractivity contribution in [2.45, 2.75) is 51.7 Å². The fourth-order valence-electron chi connectivity index (χ4n) is 3.60. The summed E-state index contributed by atoms with van der Waals surface area (Å²) < 4.78 is 5.44. The number of aliphatic hydroxyl groups excluding tert-OH is 1. The van der Waals surface area contributed by atoms with E-state index in [1.807, 2.05) is 0 Å². The minimum atomic E-state index is -0.185. The molecule has 0 saturated heterocycles. The lowest BCUT2D eigenvalue weighted by Gasteiger charge is -2.32. The molecule has 2 nitrogen and oxygen atoms in total. The largest absolute Gasteiger partial charge is 0.390 e. The summed E-state index contributed by atoms with van der Waals surface area (Å²) >= 11 is 0. The van der Waals surface area contributed by atoms with Gasteiger partial charge in [0.05, 0.1) is 12.2 Å². The van der Waals surface area contributed by atoms with E-state index in [0.717, 1.165) is 11.8 Å². The van der Waals surface area contributed by atoms with Crippen LogP contribution >= 0.6 is 0 Å². The summed E-state index contributed by atoms with van der Waals surface area (Å²) in [5.74, 6) is 2.77. The molecule has 0 aromatic heterocycles. The molecule has 2 heteroatoms. The van der Waals surface area contributed by atoms with Gasteiger partial charge >= 0.3 is 0 Å². The molecule has 0 heterocycles. The molecule has 5 unspecified atom stereocenters. The molecule has 15 heavy (non-hydrogen) atoms. The van der Waals surface area contributed by atoms with E-state index in [1.54, 1.807) is 7.11 Å². The van der Waals surface area contributed by atoms with Crippen LogP contribution < -0.4 is 0 Å². The lowest BCUT2D eigenvalue weighted by Crippen LogP contribution is -2.38. The van der Waals surface area contributed by atoms with E-state index in [2.05, 4.69) is 13.8 Å². The standard InChI is InChI=1S/C13H24O2/c1-8(2)4-5-9-6-10-7-11(9)13(15-3)12(10)14/h8-14H,4-7H2,1-3H3. The molecular formula is C13H24O2. The summed E-state index contributed by atoms with van der Waals surface area (Å²) in [6.45, 7) is 4.58. The molecule has 2 saturated carbocycles. The van der Waals surface area contributed by atoms with Crippen molar-refractivity contribution in [3.05, 3.63) is 0 Å². The quantitative estimate of drug-likeness (QED) is 0.775. The summed E-state index contributed by atoms with van der Waals surface area (Å²) in [7, 11) is 1.74. The minimum absolute atomic E-state index is 0.126. The zero-order valence-electron chi connectivity index (χ0n) is 10.1. The smallest absolute Gasteiger partial charge is 0.0863 e. The Morgan fingerprint density at radius 3 is 2.60 bits per heavy atom. The first-order chi connectivity index (χ1) is 7.13. The fraction of sp³-hybridized carbons (Fsp3) is 1.00. The lowest BCUT2D eigenvalue weighted by molar-refractivity contribution is -0.0597. The second-order valence-electron chi connectivity index (χ2n) is 5.82. The van der Waals surface area contributed by atoms with Gasteiger partial charge in [-0.25, -0.2) is 0 Å². The third-order valence-electron chi connectivity index (χ3n) is 4.41. The maximum Gasteiger partial charge on any atom is 0.0863 e. The van der Waals surface area contributed by atoms with Crippen LogP contribution in [-0.4, -0.2) is 24.4 Å². The minimum Gasteiger partial charge on any atom is -0.390 e. The van der Waals surface area contributed by atoms with E-state index in [0.29, 0.717) is 11.8 Å². The Morgan fingerprint density at radius 2 is 2.07 bits per heavy atom. The molecule has 5 atom stereocenters. The van der Waals surface area contributed by atoms with Gasteiger partial charge in [-0.1, -0.05) is 20.3 Å². The van der Waals surface area contributed by atoms with Gasteiger partial charge in [0, 0.05) is 7.11 Å². The van der Waals surface area contributed by atoms with Crippen molar-refractivity contribution in [2.24, 2.45) is 23.7 Å². The van der Waals surface area contributed by atoms with Gasteiger partial charge in [0.15, 0.2) is 0 Å². The summed E-state index contributed by atoms with van der Waals surface area (Å²) in [6, 6.07) is 0. The highest BCUT2D eigenvalue weighted by Gasteiger charge is 2.51. The molecule has 0 amide bonds. The van der Waals surface area contributed by atoms with Crippen LogP contribution in [-0.2, 0) is 4.74 Å². The van der Waals surface area contributed by atoms with Gasteiger partial charge in [-0.05, 0) is 42.9 Å². The van der Waals surface area contributed by atoms with E-state index in [1.165, 1.54) is 25.7 Å². The van der Waals surface area contributed by atoms with Gasteiger partial charge in [-0.2, -0.15) is 0 Å². The molecule has 88 valence electrons. The molecule has 1 N–H and O–H groups in total. The number of methoxy groups -OCH3 is 1. The average molecular weight is 212 g/mol. The van der Waals surface area contributed by atoms with E-state index in [4.69, 9.17) is 4.74 Å². The monoisotopic (exact) mass is 212 g/mol. The van der Waals surface area contributed by atoms with Gasteiger partial charge in [-0.15, -0.1) is 0 Å².